The molecular weight excluding hydrogens is 207 g/mol. The van der Waals surface area contributed by atoms with E-state index in [0.717, 1.165) is 12.8 Å². The molecule has 1 amide bonds. The second kappa shape index (κ2) is 6.26. The molecule has 0 unspecified atom stereocenters. The molecule has 0 bridgehead atoms. The molecule has 1 heterocycles. The number of hydrogen-bond acceptors (Lipinski definition) is 2. The molecular formula is C12H17FN2O. The number of amides is 1. The zero-order chi connectivity index (χ0) is 12.0. The van der Waals surface area contributed by atoms with E-state index in [1.54, 1.807) is 4.90 Å². The monoisotopic (exact) mass is 224 g/mol. The van der Waals surface area contributed by atoms with Crippen molar-refractivity contribution in [2.24, 2.45) is 5.92 Å². The van der Waals surface area contributed by atoms with Crippen LogP contribution >= 0.6 is 0 Å². The zero-order valence-corrected chi connectivity index (χ0v) is 9.53. The summed E-state index contributed by atoms with van der Waals surface area (Å²) in [6.45, 7) is 2.17. The number of likely N-dealkylation sites (tertiary alicyclic amines) is 1. The highest BCUT2D eigenvalue weighted by atomic mass is 19.1. The van der Waals surface area contributed by atoms with Crippen LogP contribution in [0, 0.1) is 17.2 Å². The number of carbonyl (C=O) groups is 1. The van der Waals surface area contributed by atoms with Crippen LogP contribution < -0.4 is 0 Å². The molecule has 0 aliphatic carbocycles. The highest BCUT2D eigenvalue weighted by molar-refractivity contribution is 5.87. The number of rotatable bonds is 3. The van der Waals surface area contributed by atoms with Crippen LogP contribution in [0.4, 0.5) is 4.39 Å². The van der Waals surface area contributed by atoms with Crippen molar-refractivity contribution in [3.63, 3.8) is 0 Å². The molecule has 1 aliphatic heterocycles. The molecule has 1 rings (SSSR count). The van der Waals surface area contributed by atoms with Crippen molar-refractivity contribution in [3.05, 3.63) is 12.2 Å². The predicted molar refractivity (Wildman–Crippen MR) is 59.2 cm³/mol. The van der Waals surface area contributed by atoms with E-state index in [4.69, 9.17) is 5.26 Å². The predicted octanol–water partition coefficient (Wildman–Crippen LogP) is 2.05. The second-order valence-electron chi connectivity index (χ2n) is 4.23. The highest BCUT2D eigenvalue weighted by Gasteiger charge is 2.28. The van der Waals surface area contributed by atoms with Crippen molar-refractivity contribution in [2.75, 3.05) is 13.2 Å². The second-order valence-corrected chi connectivity index (χ2v) is 4.23. The summed E-state index contributed by atoms with van der Waals surface area (Å²) in [5.41, 5.74) is 0. The summed E-state index contributed by atoms with van der Waals surface area (Å²) in [5.74, 6) is 0.373. The van der Waals surface area contributed by atoms with E-state index in [-0.39, 0.29) is 11.9 Å². The Hall–Kier alpha value is -1.37. The van der Waals surface area contributed by atoms with Gasteiger partial charge in [0.05, 0.1) is 12.5 Å². The van der Waals surface area contributed by atoms with Gasteiger partial charge in [-0.15, -0.1) is 0 Å². The fraction of sp³-hybridized carbons (Fsp3) is 0.667. The van der Waals surface area contributed by atoms with E-state index in [0.29, 0.717) is 18.9 Å². The molecule has 1 fully saturated rings. The summed E-state index contributed by atoms with van der Waals surface area (Å²) in [6.07, 6.45) is 4.66. The standard InChI is InChI=1S/C12H17FN2O/c1-10-5-8-15(11(9-10)4-7-14)12(16)3-2-6-13/h2-3,10-11H,4-6,8-9H2,1H3/b3-2+/t10-,11+/m0/s1. The van der Waals surface area contributed by atoms with Crippen molar-refractivity contribution >= 4 is 5.91 Å². The lowest BCUT2D eigenvalue weighted by Gasteiger charge is -2.36. The summed E-state index contributed by atoms with van der Waals surface area (Å²) in [7, 11) is 0. The molecule has 4 heteroatoms. The van der Waals surface area contributed by atoms with Crippen LogP contribution in [0.25, 0.3) is 0 Å². The van der Waals surface area contributed by atoms with Crippen molar-refractivity contribution in [1.29, 1.82) is 5.26 Å². The zero-order valence-electron chi connectivity index (χ0n) is 9.53. The molecule has 16 heavy (non-hydrogen) atoms. The summed E-state index contributed by atoms with van der Waals surface area (Å²) in [4.78, 5) is 13.4. The number of alkyl halides is 1. The molecule has 0 spiro atoms. The molecule has 0 aromatic rings. The van der Waals surface area contributed by atoms with Gasteiger partial charge in [0.1, 0.15) is 6.67 Å². The number of halogens is 1. The average molecular weight is 224 g/mol. The lowest BCUT2D eigenvalue weighted by molar-refractivity contribution is -0.130. The first-order chi connectivity index (χ1) is 7.69. The minimum atomic E-state index is -0.626. The largest absolute Gasteiger partial charge is 0.335 e. The third-order valence-corrected chi connectivity index (χ3v) is 2.94. The van der Waals surface area contributed by atoms with Crippen molar-refractivity contribution in [3.8, 4) is 6.07 Å². The molecule has 0 N–H and O–H groups in total. The van der Waals surface area contributed by atoms with Gasteiger partial charge in [-0.1, -0.05) is 6.92 Å². The van der Waals surface area contributed by atoms with Crippen LogP contribution in [0.15, 0.2) is 12.2 Å². The van der Waals surface area contributed by atoms with Gasteiger partial charge in [0, 0.05) is 18.7 Å². The van der Waals surface area contributed by atoms with Gasteiger partial charge < -0.3 is 4.90 Å². The van der Waals surface area contributed by atoms with Crippen molar-refractivity contribution < 1.29 is 9.18 Å². The van der Waals surface area contributed by atoms with Crippen LogP contribution in [0.1, 0.15) is 26.2 Å². The Morgan fingerprint density at radius 3 is 3.06 bits per heavy atom. The van der Waals surface area contributed by atoms with Crippen LogP contribution in [-0.2, 0) is 4.79 Å². The Labute approximate surface area is 95.5 Å². The fourth-order valence-electron chi connectivity index (χ4n) is 2.08. The fourth-order valence-corrected chi connectivity index (χ4v) is 2.08. The van der Waals surface area contributed by atoms with E-state index in [9.17, 15) is 9.18 Å². The first-order valence-corrected chi connectivity index (χ1v) is 5.59. The van der Waals surface area contributed by atoms with Gasteiger partial charge in [0.15, 0.2) is 0 Å². The molecule has 0 aromatic carbocycles. The number of allylic oxidation sites excluding steroid dienone is 1. The van der Waals surface area contributed by atoms with E-state index >= 15 is 0 Å². The summed E-state index contributed by atoms with van der Waals surface area (Å²) < 4.78 is 11.9. The Bertz CT molecular complexity index is 309. The first kappa shape index (κ1) is 12.7. The molecule has 0 radical (unpaired) electrons. The number of hydrogen-bond donors (Lipinski definition) is 0. The number of piperidine rings is 1. The highest BCUT2D eigenvalue weighted by Crippen LogP contribution is 2.24. The summed E-state index contributed by atoms with van der Waals surface area (Å²) in [5, 5.41) is 8.71. The molecule has 1 aliphatic rings. The van der Waals surface area contributed by atoms with Gasteiger partial charge in [-0.2, -0.15) is 5.26 Å². The lowest BCUT2D eigenvalue weighted by Crippen LogP contribution is -2.44. The van der Waals surface area contributed by atoms with Crippen molar-refractivity contribution in [2.45, 2.75) is 32.2 Å². The SMILES string of the molecule is C[C@H]1CCN(C(=O)/C=C/CF)[C@H](CC#N)C1. The van der Waals surface area contributed by atoms with Crippen LogP contribution in [0.5, 0.6) is 0 Å². The molecule has 2 atom stereocenters. The Morgan fingerprint density at radius 2 is 2.44 bits per heavy atom. The quantitative estimate of drug-likeness (QED) is 0.689. The number of carbonyl (C=O) groups excluding carboxylic acids is 1. The van der Waals surface area contributed by atoms with Crippen LogP contribution in [0.3, 0.4) is 0 Å². The van der Waals surface area contributed by atoms with E-state index in [1.807, 2.05) is 0 Å². The van der Waals surface area contributed by atoms with Gasteiger partial charge in [0.25, 0.3) is 0 Å². The molecule has 0 aromatic heterocycles. The van der Waals surface area contributed by atoms with Gasteiger partial charge in [-0.25, -0.2) is 4.39 Å². The molecule has 3 nitrogen and oxygen atoms in total. The van der Waals surface area contributed by atoms with E-state index < -0.39 is 6.67 Å². The molecule has 88 valence electrons. The Morgan fingerprint density at radius 1 is 1.69 bits per heavy atom. The van der Waals surface area contributed by atoms with Crippen LogP contribution in [0.2, 0.25) is 0 Å². The number of nitriles is 1. The van der Waals surface area contributed by atoms with Gasteiger partial charge >= 0.3 is 0 Å². The summed E-state index contributed by atoms with van der Waals surface area (Å²) >= 11 is 0. The van der Waals surface area contributed by atoms with E-state index in [1.165, 1.54) is 12.2 Å². The summed E-state index contributed by atoms with van der Waals surface area (Å²) in [6, 6.07) is 2.10. The van der Waals surface area contributed by atoms with Crippen molar-refractivity contribution in [1.82, 2.24) is 4.90 Å². The minimum absolute atomic E-state index is 0.00879. The topological polar surface area (TPSA) is 44.1 Å². The maximum atomic E-state index is 11.9. The smallest absolute Gasteiger partial charge is 0.246 e. The third-order valence-electron chi connectivity index (χ3n) is 2.94. The molecule has 1 saturated heterocycles. The maximum Gasteiger partial charge on any atom is 0.246 e. The van der Waals surface area contributed by atoms with Gasteiger partial charge in [0.2, 0.25) is 5.91 Å². The minimum Gasteiger partial charge on any atom is -0.335 e. The normalized spacial score (nSPS) is 25.7. The Balaban J connectivity index is 2.65. The average Bonchev–Trinajstić information content (AvgIpc) is 2.26. The van der Waals surface area contributed by atoms with Gasteiger partial charge in [-0.3, -0.25) is 4.79 Å². The van der Waals surface area contributed by atoms with Gasteiger partial charge in [-0.05, 0) is 24.8 Å². The lowest BCUT2D eigenvalue weighted by atomic mass is 9.91. The van der Waals surface area contributed by atoms with Crippen LogP contribution in [-0.4, -0.2) is 30.1 Å². The maximum absolute atomic E-state index is 11.9. The van der Waals surface area contributed by atoms with E-state index in [2.05, 4.69) is 13.0 Å². The third kappa shape index (κ3) is 3.34. The molecule has 0 saturated carbocycles. The Kier molecular flexibility index (Phi) is 4.97. The first-order valence-electron chi connectivity index (χ1n) is 5.59. The number of nitrogens with zero attached hydrogens (tertiary/aromatic N) is 2.